The van der Waals surface area contributed by atoms with E-state index in [0.717, 1.165) is 6.92 Å². The van der Waals surface area contributed by atoms with Crippen LogP contribution in [0.4, 0.5) is 0 Å². The Bertz CT molecular complexity index is 906. The summed E-state index contributed by atoms with van der Waals surface area (Å²) in [5.74, 6) is -5.72. The number of carbonyl (C=O) groups excluding carboxylic acids is 3. The van der Waals surface area contributed by atoms with Crippen LogP contribution < -0.4 is 21.7 Å². The number of carboxylic acids is 2. The monoisotopic (exact) mass is 498 g/mol. The lowest BCUT2D eigenvalue weighted by Crippen LogP contribution is -2.60. The Morgan fingerprint density at radius 1 is 0.914 bits per heavy atom. The van der Waals surface area contributed by atoms with E-state index in [9.17, 15) is 39.3 Å². The average Bonchev–Trinajstić information content (AvgIpc) is 2.79. The van der Waals surface area contributed by atoms with E-state index in [0.29, 0.717) is 5.56 Å². The smallest absolute Gasteiger partial charge is 0.326 e. The number of benzene rings is 1. The Morgan fingerprint density at radius 3 is 1.97 bits per heavy atom. The average molecular weight is 498 g/mol. The van der Waals surface area contributed by atoms with Gasteiger partial charge >= 0.3 is 11.9 Å². The number of amides is 3. The van der Waals surface area contributed by atoms with Crippen LogP contribution in [0.5, 0.6) is 5.75 Å². The number of nitrogens with two attached hydrogens (primary N) is 1. The van der Waals surface area contributed by atoms with Gasteiger partial charge in [0.15, 0.2) is 0 Å². The minimum absolute atomic E-state index is 0.0391. The molecule has 14 heteroatoms. The molecule has 0 aliphatic rings. The molecule has 0 fully saturated rings. The molecule has 0 aromatic heterocycles. The van der Waals surface area contributed by atoms with Crippen molar-refractivity contribution in [3.8, 4) is 5.75 Å². The largest absolute Gasteiger partial charge is 0.508 e. The van der Waals surface area contributed by atoms with Gasteiger partial charge in [0, 0.05) is 12.8 Å². The van der Waals surface area contributed by atoms with E-state index in [1.165, 1.54) is 24.3 Å². The summed E-state index contributed by atoms with van der Waals surface area (Å²) in [4.78, 5) is 59.8. The fourth-order valence-electron chi connectivity index (χ4n) is 2.88. The number of aliphatic hydroxyl groups excluding tert-OH is 2. The van der Waals surface area contributed by atoms with E-state index in [-0.39, 0.29) is 12.2 Å². The van der Waals surface area contributed by atoms with Crippen molar-refractivity contribution in [2.45, 2.75) is 56.5 Å². The van der Waals surface area contributed by atoms with E-state index >= 15 is 0 Å². The molecule has 35 heavy (non-hydrogen) atoms. The zero-order valence-corrected chi connectivity index (χ0v) is 18.9. The van der Waals surface area contributed by atoms with Gasteiger partial charge < -0.3 is 47.2 Å². The Labute approximate surface area is 200 Å². The van der Waals surface area contributed by atoms with Crippen LogP contribution >= 0.6 is 0 Å². The van der Waals surface area contributed by atoms with Crippen molar-refractivity contribution < 1.29 is 49.5 Å². The molecule has 0 aliphatic heterocycles. The molecule has 10 N–H and O–H groups in total. The second kappa shape index (κ2) is 13.8. The second-order valence-electron chi connectivity index (χ2n) is 7.78. The van der Waals surface area contributed by atoms with Crippen molar-refractivity contribution in [1.29, 1.82) is 0 Å². The van der Waals surface area contributed by atoms with Gasteiger partial charge in [-0.3, -0.25) is 19.2 Å². The van der Waals surface area contributed by atoms with E-state index in [1.54, 1.807) is 0 Å². The summed E-state index contributed by atoms with van der Waals surface area (Å²) >= 11 is 0. The van der Waals surface area contributed by atoms with Gasteiger partial charge in [-0.2, -0.15) is 0 Å². The van der Waals surface area contributed by atoms with Crippen LogP contribution in [0.15, 0.2) is 24.3 Å². The molecular weight excluding hydrogens is 468 g/mol. The first-order valence-electron chi connectivity index (χ1n) is 10.5. The van der Waals surface area contributed by atoms with Crippen LogP contribution in [0.25, 0.3) is 0 Å². The SMILES string of the molecule is CC(O)C(NC(=O)C(Cc1ccc(O)cc1)NC(=O)C(N)CO)C(=O)NC(CCC(=O)O)C(=O)O. The summed E-state index contributed by atoms with van der Waals surface area (Å²) in [7, 11) is 0. The maximum Gasteiger partial charge on any atom is 0.326 e. The summed E-state index contributed by atoms with van der Waals surface area (Å²) in [6.45, 7) is 0.456. The third-order valence-electron chi connectivity index (χ3n) is 4.87. The van der Waals surface area contributed by atoms with Crippen molar-refractivity contribution in [2.75, 3.05) is 6.61 Å². The highest BCUT2D eigenvalue weighted by atomic mass is 16.4. The van der Waals surface area contributed by atoms with E-state index in [4.69, 9.17) is 15.9 Å². The summed E-state index contributed by atoms with van der Waals surface area (Å²) < 4.78 is 0. The lowest BCUT2D eigenvalue weighted by atomic mass is 10.0. The van der Waals surface area contributed by atoms with Crippen molar-refractivity contribution in [3.63, 3.8) is 0 Å². The fourth-order valence-corrected chi connectivity index (χ4v) is 2.88. The third-order valence-corrected chi connectivity index (χ3v) is 4.87. The van der Waals surface area contributed by atoms with E-state index in [1.807, 2.05) is 0 Å². The molecule has 5 atom stereocenters. The Hall–Kier alpha value is -3.75. The zero-order chi connectivity index (χ0) is 26.7. The van der Waals surface area contributed by atoms with Crippen molar-refractivity contribution in [2.24, 2.45) is 5.73 Å². The van der Waals surface area contributed by atoms with Gasteiger partial charge in [0.25, 0.3) is 0 Å². The number of nitrogens with one attached hydrogen (secondary N) is 3. The van der Waals surface area contributed by atoms with Gasteiger partial charge in [-0.1, -0.05) is 12.1 Å². The first kappa shape index (κ1) is 29.3. The molecule has 0 saturated heterocycles. The highest BCUT2D eigenvalue weighted by Crippen LogP contribution is 2.12. The molecule has 0 saturated carbocycles. The highest BCUT2D eigenvalue weighted by molar-refractivity contribution is 5.94. The number of phenols is 1. The maximum absolute atomic E-state index is 13.0. The first-order valence-corrected chi connectivity index (χ1v) is 10.5. The molecule has 0 aliphatic carbocycles. The van der Waals surface area contributed by atoms with Crippen LogP contribution in [-0.2, 0) is 30.4 Å². The van der Waals surface area contributed by atoms with Crippen LogP contribution in [-0.4, -0.2) is 92.1 Å². The number of aromatic hydroxyl groups is 1. The predicted octanol–water partition coefficient (Wildman–Crippen LogP) is -2.96. The van der Waals surface area contributed by atoms with E-state index in [2.05, 4.69) is 16.0 Å². The predicted molar refractivity (Wildman–Crippen MR) is 119 cm³/mol. The number of hydrogen-bond acceptors (Lipinski definition) is 9. The van der Waals surface area contributed by atoms with E-state index < -0.39 is 79.4 Å². The molecule has 1 rings (SSSR count). The number of carbonyl (C=O) groups is 5. The molecule has 0 heterocycles. The molecule has 3 amide bonds. The van der Waals surface area contributed by atoms with Crippen molar-refractivity contribution in [3.05, 3.63) is 29.8 Å². The molecule has 1 aromatic rings. The van der Waals surface area contributed by atoms with Crippen LogP contribution in [0, 0.1) is 0 Å². The van der Waals surface area contributed by atoms with Gasteiger partial charge in [0.05, 0.1) is 12.7 Å². The van der Waals surface area contributed by atoms with Gasteiger partial charge in [-0.15, -0.1) is 0 Å². The highest BCUT2D eigenvalue weighted by Gasteiger charge is 2.33. The summed E-state index contributed by atoms with van der Waals surface area (Å²) in [5.41, 5.74) is 5.98. The topological polar surface area (TPSA) is 249 Å². The van der Waals surface area contributed by atoms with Gasteiger partial charge in [0.2, 0.25) is 17.7 Å². The number of phenolic OH excluding ortho intramolecular Hbond substituents is 1. The lowest BCUT2D eigenvalue weighted by Gasteiger charge is -2.26. The molecule has 0 bridgehead atoms. The molecule has 194 valence electrons. The lowest BCUT2D eigenvalue weighted by molar-refractivity contribution is -0.144. The minimum Gasteiger partial charge on any atom is -0.508 e. The summed E-state index contributed by atoms with van der Waals surface area (Å²) in [6.07, 6.45) is -2.61. The Morgan fingerprint density at radius 2 is 1.49 bits per heavy atom. The maximum atomic E-state index is 13.0. The molecular formula is C21H30N4O10. The van der Waals surface area contributed by atoms with Crippen LogP contribution in [0.1, 0.15) is 25.3 Å². The molecule has 0 radical (unpaired) electrons. The van der Waals surface area contributed by atoms with Gasteiger partial charge in [-0.25, -0.2) is 4.79 Å². The van der Waals surface area contributed by atoms with Gasteiger partial charge in [-0.05, 0) is 31.0 Å². The molecule has 0 spiro atoms. The second-order valence-corrected chi connectivity index (χ2v) is 7.78. The van der Waals surface area contributed by atoms with Crippen molar-refractivity contribution >= 4 is 29.7 Å². The standard InChI is InChI=1S/C21H30N4O10/c1-10(27)17(20(33)23-14(21(34)35)6-7-16(29)30)25-19(32)15(24-18(31)13(22)9-26)8-11-2-4-12(28)5-3-11/h2-5,10,13-15,17,26-28H,6-9,22H2,1H3,(H,23,33)(H,24,31)(H,25,32)(H,29,30)(H,34,35). The normalized spacial score (nSPS) is 15.1. The molecule has 14 nitrogen and oxygen atoms in total. The zero-order valence-electron chi connectivity index (χ0n) is 18.9. The van der Waals surface area contributed by atoms with Crippen LogP contribution in [0.3, 0.4) is 0 Å². The van der Waals surface area contributed by atoms with Gasteiger partial charge in [0.1, 0.15) is 29.9 Å². The number of aliphatic hydroxyl groups is 2. The number of hydrogen-bond donors (Lipinski definition) is 9. The number of aliphatic carboxylic acids is 2. The Balaban J connectivity index is 3.06. The first-order chi connectivity index (χ1) is 16.3. The number of rotatable bonds is 14. The minimum atomic E-state index is -1.65. The summed E-state index contributed by atoms with van der Waals surface area (Å²) in [6, 6.07) is -0.264. The van der Waals surface area contributed by atoms with Crippen LogP contribution in [0.2, 0.25) is 0 Å². The Kier molecular flexibility index (Phi) is 11.6. The molecule has 5 unspecified atom stereocenters. The third kappa shape index (κ3) is 9.95. The number of carboxylic acid groups (broad SMARTS) is 2. The quantitative estimate of drug-likeness (QED) is 0.125. The summed E-state index contributed by atoms with van der Waals surface area (Å²) in [5, 5.41) is 53.2. The van der Waals surface area contributed by atoms with Crippen molar-refractivity contribution in [1.82, 2.24) is 16.0 Å². The molecule has 1 aromatic carbocycles. The fraction of sp³-hybridized carbons (Fsp3) is 0.476.